The van der Waals surface area contributed by atoms with E-state index in [0.717, 1.165) is 5.92 Å². The molecular weight excluding hydrogens is 282 g/mol. The third-order valence-corrected chi connectivity index (χ3v) is 8.44. The van der Waals surface area contributed by atoms with Gasteiger partial charge in [0.25, 0.3) is 0 Å². The predicted molar refractivity (Wildman–Crippen MR) is 87.1 cm³/mol. The quantitative estimate of drug-likeness (QED) is 0.848. The Balaban J connectivity index is 1.68. The van der Waals surface area contributed by atoms with Gasteiger partial charge in [0.15, 0.2) is 9.84 Å². The van der Waals surface area contributed by atoms with Crippen molar-refractivity contribution in [3.63, 3.8) is 0 Å². The molecule has 0 amide bonds. The standard InChI is InChI=1S/C17H31NO2S/c1-13(2)21(19,20)6-5-18-17-9-14-7-15(3,11-17)10-16(4,8-14)12-17/h13-14,18H,5-12H2,1-4H3. The topological polar surface area (TPSA) is 46.2 Å². The Kier molecular flexibility index (Phi) is 3.54. The molecule has 0 aromatic carbocycles. The van der Waals surface area contributed by atoms with E-state index in [1.165, 1.54) is 38.5 Å². The molecule has 4 fully saturated rings. The van der Waals surface area contributed by atoms with Gasteiger partial charge in [0, 0.05) is 12.1 Å². The van der Waals surface area contributed by atoms with Crippen LogP contribution < -0.4 is 5.32 Å². The fourth-order valence-corrected chi connectivity index (χ4v) is 7.20. The monoisotopic (exact) mass is 313 g/mol. The second kappa shape index (κ2) is 4.70. The summed E-state index contributed by atoms with van der Waals surface area (Å²) in [6.45, 7) is 9.09. The molecule has 0 spiro atoms. The van der Waals surface area contributed by atoms with E-state index in [2.05, 4.69) is 19.2 Å². The van der Waals surface area contributed by atoms with Gasteiger partial charge in [0.2, 0.25) is 0 Å². The molecule has 0 heterocycles. The summed E-state index contributed by atoms with van der Waals surface area (Å²) in [4.78, 5) is 0. The molecule has 0 saturated heterocycles. The second-order valence-corrected chi connectivity index (χ2v) is 11.9. The van der Waals surface area contributed by atoms with Crippen LogP contribution >= 0.6 is 0 Å². The van der Waals surface area contributed by atoms with Gasteiger partial charge in [-0.2, -0.15) is 0 Å². The van der Waals surface area contributed by atoms with Crippen molar-refractivity contribution < 1.29 is 8.42 Å². The van der Waals surface area contributed by atoms with Crippen LogP contribution in [-0.4, -0.2) is 31.5 Å². The van der Waals surface area contributed by atoms with Crippen LogP contribution in [0.4, 0.5) is 0 Å². The van der Waals surface area contributed by atoms with Crippen molar-refractivity contribution in [1.29, 1.82) is 0 Å². The molecule has 0 aliphatic heterocycles. The van der Waals surface area contributed by atoms with Crippen LogP contribution in [0, 0.1) is 16.7 Å². The van der Waals surface area contributed by atoms with Crippen LogP contribution in [0.5, 0.6) is 0 Å². The van der Waals surface area contributed by atoms with Crippen LogP contribution in [0.15, 0.2) is 0 Å². The van der Waals surface area contributed by atoms with Gasteiger partial charge in [0.1, 0.15) is 0 Å². The molecule has 122 valence electrons. The molecule has 2 unspecified atom stereocenters. The minimum atomic E-state index is -2.92. The molecule has 4 rings (SSSR count). The smallest absolute Gasteiger partial charge is 0.153 e. The molecule has 21 heavy (non-hydrogen) atoms. The molecule has 2 atom stereocenters. The van der Waals surface area contributed by atoms with Gasteiger partial charge in [0.05, 0.1) is 11.0 Å². The molecule has 0 radical (unpaired) electrons. The Morgan fingerprint density at radius 2 is 1.62 bits per heavy atom. The first-order chi connectivity index (χ1) is 9.56. The number of hydrogen-bond acceptors (Lipinski definition) is 3. The normalized spacial score (nSPS) is 45.5. The first-order valence-corrected chi connectivity index (χ1v) is 10.2. The van der Waals surface area contributed by atoms with Gasteiger partial charge in [-0.1, -0.05) is 13.8 Å². The highest BCUT2D eigenvalue weighted by Gasteiger charge is 2.59. The van der Waals surface area contributed by atoms with E-state index in [1.54, 1.807) is 13.8 Å². The molecule has 4 aliphatic rings. The van der Waals surface area contributed by atoms with Gasteiger partial charge in [-0.3, -0.25) is 0 Å². The minimum Gasteiger partial charge on any atom is -0.310 e. The molecule has 3 nitrogen and oxygen atoms in total. The summed E-state index contributed by atoms with van der Waals surface area (Å²) in [6, 6.07) is 0. The van der Waals surface area contributed by atoms with Gasteiger partial charge in [-0.15, -0.1) is 0 Å². The Hall–Kier alpha value is -0.0900. The molecule has 1 N–H and O–H groups in total. The first kappa shape index (κ1) is 15.8. The van der Waals surface area contributed by atoms with Gasteiger partial charge < -0.3 is 5.32 Å². The van der Waals surface area contributed by atoms with E-state index < -0.39 is 9.84 Å². The lowest BCUT2D eigenvalue weighted by Gasteiger charge is -2.65. The van der Waals surface area contributed by atoms with E-state index in [0.29, 0.717) is 17.4 Å². The Labute approximate surface area is 130 Å². The lowest BCUT2D eigenvalue weighted by atomic mass is 9.43. The molecular formula is C17H31NO2S. The van der Waals surface area contributed by atoms with Crippen LogP contribution in [0.2, 0.25) is 0 Å². The number of rotatable bonds is 5. The number of hydrogen-bond donors (Lipinski definition) is 1. The predicted octanol–water partition coefficient (Wildman–Crippen LogP) is 3.15. The molecule has 4 saturated carbocycles. The van der Waals surface area contributed by atoms with Crippen LogP contribution in [0.3, 0.4) is 0 Å². The summed E-state index contributed by atoms with van der Waals surface area (Å²) in [6.07, 6.45) is 7.89. The average molecular weight is 314 g/mol. The highest BCUT2D eigenvalue weighted by Crippen LogP contribution is 2.66. The summed E-state index contributed by atoms with van der Waals surface area (Å²) in [7, 11) is -2.92. The van der Waals surface area contributed by atoms with Crippen LogP contribution in [0.25, 0.3) is 0 Å². The Morgan fingerprint density at radius 3 is 2.10 bits per heavy atom. The highest BCUT2D eigenvalue weighted by atomic mass is 32.2. The van der Waals surface area contributed by atoms with Crippen molar-refractivity contribution >= 4 is 9.84 Å². The minimum absolute atomic E-state index is 0.218. The lowest BCUT2D eigenvalue weighted by molar-refractivity contribution is -0.117. The van der Waals surface area contributed by atoms with E-state index in [9.17, 15) is 8.42 Å². The van der Waals surface area contributed by atoms with Crippen molar-refractivity contribution in [2.75, 3.05) is 12.3 Å². The largest absolute Gasteiger partial charge is 0.310 e. The van der Waals surface area contributed by atoms with Crippen molar-refractivity contribution in [3.8, 4) is 0 Å². The zero-order valence-electron chi connectivity index (χ0n) is 14.0. The van der Waals surface area contributed by atoms with Crippen molar-refractivity contribution in [2.45, 2.75) is 77.0 Å². The van der Waals surface area contributed by atoms with Gasteiger partial charge in [-0.05, 0) is 69.1 Å². The SMILES string of the molecule is CC(C)S(=O)(=O)CCNC12CC3CC(C)(CC(C)(C3)C1)C2. The summed E-state index contributed by atoms with van der Waals surface area (Å²) in [5.41, 5.74) is 1.19. The van der Waals surface area contributed by atoms with Crippen molar-refractivity contribution in [3.05, 3.63) is 0 Å². The van der Waals surface area contributed by atoms with E-state index in [-0.39, 0.29) is 16.5 Å². The first-order valence-electron chi connectivity index (χ1n) is 8.52. The second-order valence-electron chi connectivity index (χ2n) is 9.25. The van der Waals surface area contributed by atoms with Crippen molar-refractivity contribution in [2.24, 2.45) is 16.7 Å². The van der Waals surface area contributed by atoms with Crippen LogP contribution in [-0.2, 0) is 9.84 Å². The maximum atomic E-state index is 12.0. The summed E-state index contributed by atoms with van der Waals surface area (Å²) >= 11 is 0. The zero-order chi connectivity index (χ0) is 15.5. The summed E-state index contributed by atoms with van der Waals surface area (Å²) < 4.78 is 24.0. The summed E-state index contributed by atoms with van der Waals surface area (Å²) in [5.74, 6) is 1.13. The fourth-order valence-electron chi connectivity index (χ4n) is 6.34. The van der Waals surface area contributed by atoms with Gasteiger partial charge >= 0.3 is 0 Å². The maximum absolute atomic E-state index is 12.0. The third-order valence-electron chi connectivity index (χ3n) is 6.23. The maximum Gasteiger partial charge on any atom is 0.153 e. The molecule has 4 heteroatoms. The Bertz CT molecular complexity index is 507. The Morgan fingerprint density at radius 1 is 1.05 bits per heavy atom. The van der Waals surface area contributed by atoms with E-state index >= 15 is 0 Å². The van der Waals surface area contributed by atoms with Crippen molar-refractivity contribution in [1.82, 2.24) is 5.32 Å². The molecule has 4 bridgehead atoms. The lowest BCUT2D eigenvalue weighted by Crippen LogP contribution is -2.64. The third kappa shape index (κ3) is 2.90. The highest BCUT2D eigenvalue weighted by molar-refractivity contribution is 7.92. The molecule has 4 aliphatic carbocycles. The molecule has 0 aromatic heterocycles. The number of sulfone groups is 1. The molecule has 0 aromatic rings. The zero-order valence-corrected chi connectivity index (χ0v) is 14.9. The fraction of sp³-hybridized carbons (Fsp3) is 1.00. The average Bonchev–Trinajstić information content (AvgIpc) is 2.22. The van der Waals surface area contributed by atoms with E-state index in [4.69, 9.17) is 0 Å². The van der Waals surface area contributed by atoms with Gasteiger partial charge in [-0.25, -0.2) is 8.42 Å². The van der Waals surface area contributed by atoms with E-state index in [1.807, 2.05) is 0 Å². The van der Waals surface area contributed by atoms with Crippen LogP contribution in [0.1, 0.15) is 66.2 Å². The number of nitrogens with one attached hydrogen (secondary N) is 1. The summed E-state index contributed by atoms with van der Waals surface area (Å²) in [5, 5.41) is 3.45.